The second kappa shape index (κ2) is 6.55. The molecule has 0 bridgehead atoms. The van der Waals surface area contributed by atoms with Gasteiger partial charge in [0.2, 0.25) is 5.91 Å². The van der Waals surface area contributed by atoms with Gasteiger partial charge in [0, 0.05) is 30.6 Å². The van der Waals surface area contributed by atoms with Crippen molar-refractivity contribution in [3.05, 3.63) is 34.6 Å². The van der Waals surface area contributed by atoms with E-state index in [0.717, 1.165) is 31.2 Å². The molecule has 0 aliphatic heterocycles. The number of carbonyl (C=O) groups is 1. The van der Waals surface area contributed by atoms with Crippen LogP contribution in [0.1, 0.15) is 31.2 Å². The van der Waals surface area contributed by atoms with Crippen LogP contribution in [-0.2, 0) is 11.3 Å². The normalized spacial score (nSPS) is 22.6. The molecule has 5 heteroatoms. The number of benzene rings is 1. The summed E-state index contributed by atoms with van der Waals surface area (Å²) in [5.74, 6) is -0.269. The van der Waals surface area contributed by atoms with E-state index >= 15 is 0 Å². The van der Waals surface area contributed by atoms with Crippen LogP contribution in [-0.4, -0.2) is 23.9 Å². The van der Waals surface area contributed by atoms with E-state index < -0.39 is 0 Å². The molecule has 110 valence electrons. The van der Waals surface area contributed by atoms with Gasteiger partial charge in [-0.2, -0.15) is 0 Å². The fraction of sp³-hybridized carbons (Fsp3) is 0.533. The first-order valence-corrected chi connectivity index (χ1v) is 7.29. The Bertz CT molecular complexity index is 495. The van der Waals surface area contributed by atoms with Crippen LogP contribution in [0.3, 0.4) is 0 Å². The maximum atomic E-state index is 13.0. The van der Waals surface area contributed by atoms with Gasteiger partial charge in [-0.15, -0.1) is 0 Å². The summed E-state index contributed by atoms with van der Waals surface area (Å²) in [6, 6.07) is 4.37. The van der Waals surface area contributed by atoms with Gasteiger partial charge in [-0.3, -0.25) is 4.79 Å². The molecule has 1 aromatic rings. The summed E-state index contributed by atoms with van der Waals surface area (Å²) in [7, 11) is 1.75. The zero-order chi connectivity index (χ0) is 14.7. The van der Waals surface area contributed by atoms with Crippen LogP contribution in [0.4, 0.5) is 4.39 Å². The van der Waals surface area contributed by atoms with Crippen molar-refractivity contribution >= 4 is 17.5 Å². The highest BCUT2D eigenvalue weighted by Gasteiger charge is 2.27. The Morgan fingerprint density at radius 3 is 2.90 bits per heavy atom. The summed E-state index contributed by atoms with van der Waals surface area (Å²) in [6.45, 7) is 0.393. The highest BCUT2D eigenvalue weighted by Crippen LogP contribution is 2.26. The van der Waals surface area contributed by atoms with E-state index in [1.165, 1.54) is 12.1 Å². The van der Waals surface area contributed by atoms with Crippen molar-refractivity contribution < 1.29 is 9.18 Å². The van der Waals surface area contributed by atoms with Crippen LogP contribution in [0.5, 0.6) is 0 Å². The Hall–Kier alpha value is -1.13. The Labute approximate surface area is 123 Å². The van der Waals surface area contributed by atoms with E-state index in [4.69, 9.17) is 17.3 Å². The van der Waals surface area contributed by atoms with Crippen molar-refractivity contribution in [1.82, 2.24) is 4.90 Å². The maximum absolute atomic E-state index is 13.0. The molecule has 0 saturated heterocycles. The lowest BCUT2D eigenvalue weighted by molar-refractivity contribution is -0.135. The number of hydrogen-bond donors (Lipinski definition) is 1. The first kappa shape index (κ1) is 15.3. The second-order valence-corrected chi connectivity index (χ2v) is 5.96. The molecule has 0 spiro atoms. The maximum Gasteiger partial charge on any atom is 0.225 e. The Kier molecular flexibility index (Phi) is 5.00. The van der Waals surface area contributed by atoms with Gasteiger partial charge in [0.15, 0.2) is 0 Å². The first-order chi connectivity index (χ1) is 9.47. The molecule has 0 unspecified atom stereocenters. The van der Waals surface area contributed by atoms with Gasteiger partial charge in [0.1, 0.15) is 5.82 Å². The molecule has 1 saturated carbocycles. The fourth-order valence-corrected chi connectivity index (χ4v) is 2.97. The first-order valence-electron chi connectivity index (χ1n) is 6.92. The average Bonchev–Trinajstić information content (AvgIpc) is 2.41. The van der Waals surface area contributed by atoms with Crippen molar-refractivity contribution in [2.45, 2.75) is 38.3 Å². The van der Waals surface area contributed by atoms with E-state index in [2.05, 4.69) is 0 Å². The quantitative estimate of drug-likeness (QED) is 0.932. The molecular formula is C15H20ClFN2O. The summed E-state index contributed by atoms with van der Waals surface area (Å²) in [5, 5.41) is 0.352. The predicted molar refractivity (Wildman–Crippen MR) is 77.8 cm³/mol. The monoisotopic (exact) mass is 298 g/mol. The Morgan fingerprint density at radius 2 is 2.25 bits per heavy atom. The van der Waals surface area contributed by atoms with Crippen LogP contribution in [0, 0.1) is 11.7 Å². The molecule has 3 nitrogen and oxygen atoms in total. The van der Waals surface area contributed by atoms with Crippen molar-refractivity contribution in [3.8, 4) is 0 Å². The van der Waals surface area contributed by atoms with Gasteiger partial charge in [-0.25, -0.2) is 4.39 Å². The minimum absolute atomic E-state index is 0.00275. The topological polar surface area (TPSA) is 46.3 Å². The minimum atomic E-state index is -0.369. The minimum Gasteiger partial charge on any atom is -0.341 e. The third-order valence-corrected chi connectivity index (χ3v) is 4.21. The molecule has 1 amide bonds. The highest BCUT2D eigenvalue weighted by molar-refractivity contribution is 6.31. The van der Waals surface area contributed by atoms with E-state index in [1.807, 2.05) is 0 Å². The molecule has 1 aliphatic rings. The highest BCUT2D eigenvalue weighted by atomic mass is 35.5. The van der Waals surface area contributed by atoms with Crippen LogP contribution < -0.4 is 5.73 Å². The molecular weight excluding hydrogens is 279 g/mol. The number of carbonyl (C=O) groups excluding carboxylic acids is 1. The van der Waals surface area contributed by atoms with E-state index in [0.29, 0.717) is 11.6 Å². The van der Waals surface area contributed by atoms with Crippen LogP contribution in [0.15, 0.2) is 18.2 Å². The zero-order valence-corrected chi connectivity index (χ0v) is 12.4. The molecule has 0 radical (unpaired) electrons. The molecule has 2 atom stereocenters. The number of rotatable bonds is 3. The standard InChI is InChI=1S/C15H20ClFN2O/c1-19(9-11-5-6-12(17)8-14(11)16)15(20)10-3-2-4-13(18)7-10/h5-6,8,10,13H,2-4,7,9,18H2,1H3/t10-,13+/m0/s1. The summed E-state index contributed by atoms with van der Waals surface area (Å²) in [5.41, 5.74) is 6.68. The molecule has 2 rings (SSSR count). The van der Waals surface area contributed by atoms with Gasteiger partial charge in [-0.1, -0.05) is 24.1 Å². The number of nitrogens with zero attached hydrogens (tertiary/aromatic N) is 1. The lowest BCUT2D eigenvalue weighted by Gasteiger charge is -2.29. The fourth-order valence-electron chi connectivity index (χ4n) is 2.75. The molecule has 2 N–H and O–H groups in total. The van der Waals surface area contributed by atoms with Crippen LogP contribution in [0.25, 0.3) is 0 Å². The molecule has 1 aliphatic carbocycles. The summed E-state index contributed by atoms with van der Waals surface area (Å²) >= 11 is 5.99. The van der Waals surface area contributed by atoms with Gasteiger partial charge in [0.25, 0.3) is 0 Å². The van der Waals surface area contributed by atoms with Gasteiger partial charge in [-0.05, 0) is 37.0 Å². The molecule has 1 fully saturated rings. The van der Waals surface area contributed by atoms with E-state index in [-0.39, 0.29) is 23.7 Å². The average molecular weight is 299 g/mol. The predicted octanol–water partition coefficient (Wildman–Crippen LogP) is 2.96. The second-order valence-electron chi connectivity index (χ2n) is 5.55. The lowest BCUT2D eigenvalue weighted by Crippen LogP contribution is -2.38. The van der Waals surface area contributed by atoms with Crippen molar-refractivity contribution in [2.24, 2.45) is 11.7 Å². The number of hydrogen-bond acceptors (Lipinski definition) is 2. The summed E-state index contributed by atoms with van der Waals surface area (Å²) in [6.07, 6.45) is 3.65. The molecule has 1 aromatic carbocycles. The van der Waals surface area contributed by atoms with Gasteiger partial charge < -0.3 is 10.6 Å². The Morgan fingerprint density at radius 1 is 1.50 bits per heavy atom. The molecule has 20 heavy (non-hydrogen) atoms. The third kappa shape index (κ3) is 3.70. The largest absolute Gasteiger partial charge is 0.341 e. The van der Waals surface area contributed by atoms with E-state index in [9.17, 15) is 9.18 Å². The lowest BCUT2D eigenvalue weighted by atomic mass is 9.85. The number of nitrogens with two attached hydrogens (primary N) is 1. The SMILES string of the molecule is CN(Cc1ccc(F)cc1Cl)C(=O)[C@H]1CCC[C@@H](N)C1. The van der Waals surface area contributed by atoms with Crippen molar-refractivity contribution in [1.29, 1.82) is 0 Å². The Balaban J connectivity index is 2.00. The summed E-state index contributed by atoms with van der Waals surface area (Å²) in [4.78, 5) is 14.0. The third-order valence-electron chi connectivity index (χ3n) is 3.86. The number of halogens is 2. The van der Waals surface area contributed by atoms with Crippen LogP contribution >= 0.6 is 11.6 Å². The molecule has 0 heterocycles. The number of amides is 1. The molecule has 0 aromatic heterocycles. The van der Waals surface area contributed by atoms with Gasteiger partial charge >= 0.3 is 0 Å². The van der Waals surface area contributed by atoms with Crippen molar-refractivity contribution in [2.75, 3.05) is 7.05 Å². The van der Waals surface area contributed by atoms with Gasteiger partial charge in [0.05, 0.1) is 0 Å². The van der Waals surface area contributed by atoms with Crippen molar-refractivity contribution in [3.63, 3.8) is 0 Å². The zero-order valence-electron chi connectivity index (χ0n) is 11.6. The smallest absolute Gasteiger partial charge is 0.225 e. The van der Waals surface area contributed by atoms with Crippen LogP contribution in [0.2, 0.25) is 5.02 Å². The summed E-state index contributed by atoms with van der Waals surface area (Å²) < 4.78 is 13.0. The van der Waals surface area contributed by atoms with E-state index in [1.54, 1.807) is 18.0 Å².